The summed E-state index contributed by atoms with van der Waals surface area (Å²) >= 11 is 0. The first-order valence-corrected chi connectivity index (χ1v) is 6.78. The number of cyclic esters (lactones) is 1. The highest BCUT2D eigenvalue weighted by atomic mass is 16.6. The molecule has 1 aliphatic heterocycles. The van der Waals surface area contributed by atoms with E-state index in [4.69, 9.17) is 9.47 Å². The molecule has 0 aliphatic carbocycles. The van der Waals surface area contributed by atoms with Crippen LogP contribution in [0.15, 0.2) is 12.2 Å². The van der Waals surface area contributed by atoms with Crippen molar-refractivity contribution in [1.29, 1.82) is 0 Å². The molecule has 0 aromatic carbocycles. The molecule has 0 aromatic rings. The fraction of sp³-hybridized carbons (Fsp3) is 0.786. The van der Waals surface area contributed by atoms with Gasteiger partial charge in [-0.25, -0.2) is 4.79 Å². The van der Waals surface area contributed by atoms with E-state index in [1.807, 2.05) is 6.08 Å². The summed E-state index contributed by atoms with van der Waals surface area (Å²) in [7, 11) is 0. The zero-order valence-corrected chi connectivity index (χ0v) is 10.7. The Balaban J connectivity index is 2.19. The van der Waals surface area contributed by atoms with E-state index in [9.17, 15) is 4.79 Å². The fourth-order valence-electron chi connectivity index (χ4n) is 1.87. The van der Waals surface area contributed by atoms with Gasteiger partial charge in [-0.15, -0.1) is 0 Å². The summed E-state index contributed by atoms with van der Waals surface area (Å²) in [5.74, 6) is -0.245. The smallest absolute Gasteiger partial charge is 0.332 e. The summed E-state index contributed by atoms with van der Waals surface area (Å²) in [5, 5.41) is 0. The molecule has 1 aliphatic rings. The topological polar surface area (TPSA) is 35.5 Å². The summed E-state index contributed by atoms with van der Waals surface area (Å²) in [4.78, 5) is 11.2. The van der Waals surface area contributed by atoms with Crippen LogP contribution in [0.3, 0.4) is 0 Å². The Morgan fingerprint density at radius 2 is 1.59 bits per heavy atom. The maximum absolute atomic E-state index is 11.2. The molecule has 0 radical (unpaired) electrons. The second-order valence-corrected chi connectivity index (χ2v) is 4.47. The number of hydrogen-bond donors (Lipinski definition) is 0. The van der Waals surface area contributed by atoms with Gasteiger partial charge in [0.15, 0.2) is 0 Å². The first-order valence-electron chi connectivity index (χ1n) is 6.78. The number of carbonyl (C=O) groups is 1. The number of rotatable bonds is 0. The number of ether oxygens (including phenoxy) is 2. The molecule has 0 amide bonds. The molecule has 1 heterocycles. The van der Waals surface area contributed by atoms with Crippen molar-refractivity contribution in [3.8, 4) is 0 Å². The van der Waals surface area contributed by atoms with E-state index < -0.39 is 0 Å². The predicted octanol–water partition coefficient (Wildman–Crippen LogP) is 3.24. The van der Waals surface area contributed by atoms with Crippen LogP contribution in [0, 0.1) is 0 Å². The minimum absolute atomic E-state index is 0.0737. The van der Waals surface area contributed by atoms with E-state index in [-0.39, 0.29) is 12.6 Å². The quantitative estimate of drug-likeness (QED) is 0.481. The third kappa shape index (κ3) is 8.93. The summed E-state index contributed by atoms with van der Waals surface area (Å²) in [6.45, 7) is 1.12. The molecule has 0 unspecified atom stereocenters. The summed E-state index contributed by atoms with van der Waals surface area (Å²) in [6, 6.07) is 0. The molecule has 98 valence electrons. The minimum Gasteiger partial charge on any atom is -0.464 e. The van der Waals surface area contributed by atoms with E-state index >= 15 is 0 Å². The summed E-state index contributed by atoms with van der Waals surface area (Å²) in [6.07, 6.45) is 13.8. The van der Waals surface area contributed by atoms with Crippen LogP contribution in [-0.4, -0.2) is 25.8 Å². The van der Waals surface area contributed by atoms with Gasteiger partial charge >= 0.3 is 5.97 Å². The standard InChI is InChI=1S/C14H24O3/c15-14-13-16-11-9-7-5-3-1-2-4-6-8-10-12-17-14/h7,9H,1-6,8,10-13H2/b9-7-. The highest BCUT2D eigenvalue weighted by Crippen LogP contribution is 2.09. The minimum atomic E-state index is -0.245. The van der Waals surface area contributed by atoms with Gasteiger partial charge in [0.2, 0.25) is 0 Å². The molecular formula is C14H24O3. The Kier molecular flexibility index (Phi) is 8.65. The third-order valence-electron chi connectivity index (χ3n) is 2.88. The molecule has 1 rings (SSSR count). The molecule has 17 heavy (non-hydrogen) atoms. The lowest BCUT2D eigenvalue weighted by Gasteiger charge is -2.05. The lowest BCUT2D eigenvalue weighted by Crippen LogP contribution is -2.13. The molecular weight excluding hydrogens is 216 g/mol. The lowest BCUT2D eigenvalue weighted by atomic mass is 10.1. The zero-order valence-electron chi connectivity index (χ0n) is 10.7. The van der Waals surface area contributed by atoms with Crippen molar-refractivity contribution in [3.05, 3.63) is 12.2 Å². The molecule has 0 bridgehead atoms. The lowest BCUT2D eigenvalue weighted by molar-refractivity contribution is -0.148. The molecule has 0 atom stereocenters. The van der Waals surface area contributed by atoms with Crippen LogP contribution in [0.4, 0.5) is 0 Å². The molecule has 0 saturated carbocycles. The van der Waals surface area contributed by atoms with E-state index in [1.165, 1.54) is 32.1 Å². The van der Waals surface area contributed by atoms with E-state index in [0.29, 0.717) is 13.2 Å². The second-order valence-electron chi connectivity index (χ2n) is 4.47. The van der Waals surface area contributed by atoms with Gasteiger partial charge in [-0.3, -0.25) is 0 Å². The first-order chi connectivity index (χ1) is 8.39. The van der Waals surface area contributed by atoms with Crippen molar-refractivity contribution in [3.63, 3.8) is 0 Å². The van der Waals surface area contributed by atoms with Gasteiger partial charge < -0.3 is 9.47 Å². The van der Waals surface area contributed by atoms with Crippen LogP contribution in [0.5, 0.6) is 0 Å². The number of carbonyl (C=O) groups excluding carboxylic acids is 1. The third-order valence-corrected chi connectivity index (χ3v) is 2.88. The van der Waals surface area contributed by atoms with Gasteiger partial charge in [-0.05, 0) is 19.3 Å². The highest BCUT2D eigenvalue weighted by molar-refractivity contribution is 5.70. The summed E-state index contributed by atoms with van der Waals surface area (Å²) < 4.78 is 10.2. The van der Waals surface area contributed by atoms with Crippen molar-refractivity contribution < 1.29 is 14.3 Å². The molecule has 0 N–H and O–H groups in total. The molecule has 3 nitrogen and oxygen atoms in total. The van der Waals surface area contributed by atoms with Gasteiger partial charge in [0.25, 0.3) is 0 Å². The average molecular weight is 240 g/mol. The van der Waals surface area contributed by atoms with Gasteiger partial charge in [-0.2, -0.15) is 0 Å². The van der Waals surface area contributed by atoms with Crippen LogP contribution >= 0.6 is 0 Å². The van der Waals surface area contributed by atoms with Crippen molar-refractivity contribution in [2.75, 3.05) is 19.8 Å². The van der Waals surface area contributed by atoms with Crippen LogP contribution in [0.1, 0.15) is 51.4 Å². The Morgan fingerprint density at radius 1 is 0.882 bits per heavy atom. The molecule has 0 fully saturated rings. The van der Waals surface area contributed by atoms with E-state index in [0.717, 1.165) is 19.3 Å². The van der Waals surface area contributed by atoms with Gasteiger partial charge in [0.05, 0.1) is 13.2 Å². The number of allylic oxidation sites excluding steroid dienone is 1. The molecule has 0 aromatic heterocycles. The Labute approximate surface area is 104 Å². The van der Waals surface area contributed by atoms with Crippen molar-refractivity contribution in [1.82, 2.24) is 0 Å². The Hall–Kier alpha value is -0.830. The van der Waals surface area contributed by atoms with Crippen LogP contribution in [-0.2, 0) is 14.3 Å². The van der Waals surface area contributed by atoms with Crippen LogP contribution < -0.4 is 0 Å². The molecule has 3 heteroatoms. The maximum atomic E-state index is 11.2. The van der Waals surface area contributed by atoms with Crippen molar-refractivity contribution in [2.45, 2.75) is 51.4 Å². The average Bonchev–Trinajstić information content (AvgIpc) is 2.32. The van der Waals surface area contributed by atoms with E-state index in [2.05, 4.69) is 6.08 Å². The van der Waals surface area contributed by atoms with Crippen LogP contribution in [0.2, 0.25) is 0 Å². The monoisotopic (exact) mass is 240 g/mol. The Bertz CT molecular complexity index is 224. The fourth-order valence-corrected chi connectivity index (χ4v) is 1.87. The van der Waals surface area contributed by atoms with Gasteiger partial charge in [-0.1, -0.05) is 44.3 Å². The molecule has 0 spiro atoms. The van der Waals surface area contributed by atoms with Gasteiger partial charge in [0.1, 0.15) is 6.61 Å². The van der Waals surface area contributed by atoms with Crippen molar-refractivity contribution >= 4 is 5.97 Å². The van der Waals surface area contributed by atoms with Crippen molar-refractivity contribution in [2.24, 2.45) is 0 Å². The number of hydrogen-bond acceptors (Lipinski definition) is 3. The van der Waals surface area contributed by atoms with Gasteiger partial charge in [0, 0.05) is 0 Å². The molecule has 0 saturated heterocycles. The van der Waals surface area contributed by atoms with E-state index in [1.54, 1.807) is 0 Å². The zero-order chi connectivity index (χ0) is 12.2. The Morgan fingerprint density at radius 3 is 2.41 bits per heavy atom. The van der Waals surface area contributed by atoms with Crippen LogP contribution in [0.25, 0.3) is 0 Å². The SMILES string of the molecule is O=C1COC/C=C\CCCCCCCCCO1. The maximum Gasteiger partial charge on any atom is 0.332 e. The summed E-state index contributed by atoms with van der Waals surface area (Å²) in [5.41, 5.74) is 0. The largest absolute Gasteiger partial charge is 0.464 e. The second kappa shape index (κ2) is 10.3. The highest BCUT2D eigenvalue weighted by Gasteiger charge is 2.01. The predicted molar refractivity (Wildman–Crippen MR) is 67.9 cm³/mol. The first kappa shape index (κ1) is 14.2. The normalized spacial score (nSPS) is 23.9. The number of esters is 1.